The molecular weight excluding hydrogens is 348 g/mol. The molecule has 0 aliphatic carbocycles. The van der Waals surface area contributed by atoms with Gasteiger partial charge in [0, 0.05) is 6.42 Å². The van der Waals surface area contributed by atoms with Crippen LogP contribution >= 0.6 is 11.3 Å². The fourth-order valence-electron chi connectivity index (χ4n) is 2.44. The van der Waals surface area contributed by atoms with Gasteiger partial charge in [-0.3, -0.25) is 4.79 Å². The van der Waals surface area contributed by atoms with Gasteiger partial charge < -0.3 is 10.1 Å². The van der Waals surface area contributed by atoms with E-state index in [0.29, 0.717) is 29.2 Å². The zero-order valence-corrected chi connectivity index (χ0v) is 15.1. The number of hydrogen-bond acceptors (Lipinski definition) is 5. The van der Waals surface area contributed by atoms with Gasteiger partial charge in [0.2, 0.25) is 5.91 Å². The van der Waals surface area contributed by atoms with Gasteiger partial charge in [0.05, 0.1) is 17.7 Å². The largest absolute Gasteiger partial charge is 0.465 e. The molecule has 0 atom stereocenters. The van der Waals surface area contributed by atoms with Gasteiger partial charge in [0.15, 0.2) is 0 Å². The van der Waals surface area contributed by atoms with Crippen LogP contribution in [0.2, 0.25) is 0 Å². The molecule has 132 valence electrons. The molecule has 3 rings (SSSR count). The number of aromatic nitrogens is 1. The molecule has 0 aliphatic rings. The summed E-state index contributed by atoms with van der Waals surface area (Å²) in [5.41, 5.74) is 1.82. The highest BCUT2D eigenvalue weighted by molar-refractivity contribution is 7.17. The molecule has 1 amide bonds. The van der Waals surface area contributed by atoms with Crippen LogP contribution in [0.25, 0.3) is 10.6 Å². The number of carbonyl (C=O) groups excluding carboxylic acids is 2. The molecule has 6 heteroatoms. The lowest BCUT2D eigenvalue weighted by Gasteiger charge is -2.06. The van der Waals surface area contributed by atoms with E-state index in [2.05, 4.69) is 10.3 Å². The second-order valence-corrected chi connectivity index (χ2v) is 6.68. The first kappa shape index (κ1) is 17.8. The number of thiophene rings is 1. The average Bonchev–Trinajstić information content (AvgIpc) is 3.17. The van der Waals surface area contributed by atoms with Crippen molar-refractivity contribution in [1.29, 1.82) is 0 Å². The molecule has 0 spiro atoms. The quantitative estimate of drug-likeness (QED) is 0.665. The number of hydrogen-bond donors (Lipinski definition) is 1. The van der Waals surface area contributed by atoms with E-state index in [-0.39, 0.29) is 11.9 Å². The lowest BCUT2D eigenvalue weighted by molar-refractivity contribution is -0.116. The van der Waals surface area contributed by atoms with Crippen molar-refractivity contribution >= 4 is 29.0 Å². The van der Waals surface area contributed by atoms with Gasteiger partial charge in [0.25, 0.3) is 0 Å². The van der Waals surface area contributed by atoms with Gasteiger partial charge >= 0.3 is 5.97 Å². The molecule has 0 fully saturated rings. The maximum Gasteiger partial charge on any atom is 0.348 e. The summed E-state index contributed by atoms with van der Waals surface area (Å²) >= 11 is 1.30. The van der Waals surface area contributed by atoms with E-state index >= 15 is 0 Å². The number of esters is 1. The third-order valence-electron chi connectivity index (χ3n) is 3.75. The molecule has 0 saturated carbocycles. The van der Waals surface area contributed by atoms with Crippen LogP contribution in [0.15, 0.2) is 60.7 Å². The minimum absolute atomic E-state index is 0.0834. The molecule has 0 radical (unpaired) electrons. The van der Waals surface area contributed by atoms with Crippen LogP contribution in [0.3, 0.4) is 0 Å². The van der Waals surface area contributed by atoms with Gasteiger partial charge in [-0.25, -0.2) is 9.78 Å². The predicted octanol–water partition coefficient (Wildman–Crippen LogP) is 4.17. The molecule has 2 heterocycles. The molecule has 1 N–H and O–H groups in total. The highest BCUT2D eigenvalue weighted by atomic mass is 32.1. The summed E-state index contributed by atoms with van der Waals surface area (Å²) in [6.45, 7) is 0. The van der Waals surface area contributed by atoms with Crippen molar-refractivity contribution in [3.63, 3.8) is 0 Å². The van der Waals surface area contributed by atoms with Crippen molar-refractivity contribution in [2.75, 3.05) is 12.4 Å². The SMILES string of the molecule is COC(=O)c1ccc(-c2cccc(NC(=O)CCc3ccccc3)n2)s1. The molecule has 5 nitrogen and oxygen atoms in total. The summed E-state index contributed by atoms with van der Waals surface area (Å²) in [4.78, 5) is 29.5. The number of anilines is 1. The normalized spacial score (nSPS) is 10.3. The maximum absolute atomic E-state index is 12.2. The summed E-state index contributed by atoms with van der Waals surface area (Å²) in [7, 11) is 1.35. The number of benzene rings is 1. The minimum atomic E-state index is -0.369. The van der Waals surface area contributed by atoms with E-state index in [1.54, 1.807) is 12.1 Å². The van der Waals surface area contributed by atoms with Crippen molar-refractivity contribution in [3.8, 4) is 10.6 Å². The first-order valence-electron chi connectivity index (χ1n) is 8.15. The smallest absolute Gasteiger partial charge is 0.348 e. The van der Waals surface area contributed by atoms with Gasteiger partial charge in [-0.1, -0.05) is 36.4 Å². The summed E-state index contributed by atoms with van der Waals surface area (Å²) in [5.74, 6) is 0.0418. The number of amides is 1. The van der Waals surface area contributed by atoms with E-state index in [9.17, 15) is 9.59 Å². The third kappa shape index (κ3) is 4.55. The Morgan fingerprint density at radius 1 is 1.04 bits per heavy atom. The molecule has 1 aromatic carbocycles. The Morgan fingerprint density at radius 2 is 1.85 bits per heavy atom. The molecule has 0 aliphatic heterocycles. The van der Waals surface area contributed by atoms with Gasteiger partial charge in [-0.15, -0.1) is 11.3 Å². The average molecular weight is 366 g/mol. The van der Waals surface area contributed by atoms with Crippen molar-refractivity contribution in [2.45, 2.75) is 12.8 Å². The van der Waals surface area contributed by atoms with Gasteiger partial charge in [-0.05, 0) is 36.2 Å². The first-order chi connectivity index (χ1) is 12.7. The number of carbonyl (C=O) groups is 2. The number of aryl methyl sites for hydroxylation is 1. The molecule has 0 saturated heterocycles. The lowest BCUT2D eigenvalue weighted by atomic mass is 10.1. The summed E-state index contributed by atoms with van der Waals surface area (Å²) in [6, 6.07) is 18.8. The fraction of sp³-hybridized carbons (Fsp3) is 0.150. The van der Waals surface area contributed by atoms with E-state index in [4.69, 9.17) is 4.74 Å². The number of nitrogens with one attached hydrogen (secondary N) is 1. The lowest BCUT2D eigenvalue weighted by Crippen LogP contribution is -2.13. The topological polar surface area (TPSA) is 68.3 Å². The Hall–Kier alpha value is -2.99. The van der Waals surface area contributed by atoms with Crippen LogP contribution in [0.5, 0.6) is 0 Å². The molecule has 3 aromatic rings. The van der Waals surface area contributed by atoms with E-state index in [0.717, 1.165) is 10.4 Å². The number of nitrogens with zero attached hydrogens (tertiary/aromatic N) is 1. The summed E-state index contributed by atoms with van der Waals surface area (Å²) in [5, 5.41) is 2.83. The zero-order valence-electron chi connectivity index (χ0n) is 14.3. The standard InChI is InChI=1S/C20H18N2O3S/c1-25-20(24)17-12-11-16(26-17)15-8-5-9-18(21-15)22-19(23)13-10-14-6-3-2-4-7-14/h2-9,11-12H,10,13H2,1H3,(H,21,22,23). The number of pyridine rings is 1. The fourth-order valence-corrected chi connectivity index (χ4v) is 3.33. The van der Waals surface area contributed by atoms with Crippen LogP contribution in [0, 0.1) is 0 Å². The second kappa shape index (κ2) is 8.40. The van der Waals surface area contributed by atoms with Crippen molar-refractivity contribution in [1.82, 2.24) is 4.98 Å². The Labute approximate surface area is 155 Å². The Bertz CT molecular complexity index is 906. The van der Waals surface area contributed by atoms with Crippen LogP contribution in [-0.4, -0.2) is 24.0 Å². The minimum Gasteiger partial charge on any atom is -0.465 e. The predicted molar refractivity (Wildman–Crippen MR) is 102 cm³/mol. The second-order valence-electron chi connectivity index (χ2n) is 5.60. The van der Waals surface area contributed by atoms with E-state index in [1.807, 2.05) is 48.5 Å². The summed E-state index contributed by atoms with van der Waals surface area (Å²) in [6.07, 6.45) is 1.07. The number of rotatable bonds is 6. The Morgan fingerprint density at radius 3 is 2.62 bits per heavy atom. The van der Waals surface area contributed by atoms with E-state index < -0.39 is 0 Å². The van der Waals surface area contributed by atoms with Crippen molar-refractivity contribution in [2.24, 2.45) is 0 Å². The highest BCUT2D eigenvalue weighted by Crippen LogP contribution is 2.27. The first-order valence-corrected chi connectivity index (χ1v) is 8.97. The van der Waals surface area contributed by atoms with Gasteiger partial charge in [0.1, 0.15) is 10.7 Å². The van der Waals surface area contributed by atoms with E-state index in [1.165, 1.54) is 18.4 Å². The zero-order chi connectivity index (χ0) is 18.4. The summed E-state index contributed by atoms with van der Waals surface area (Å²) < 4.78 is 4.72. The van der Waals surface area contributed by atoms with Crippen molar-refractivity contribution < 1.29 is 14.3 Å². The van der Waals surface area contributed by atoms with Crippen LogP contribution in [-0.2, 0) is 16.0 Å². The van der Waals surface area contributed by atoms with Crippen molar-refractivity contribution in [3.05, 3.63) is 71.1 Å². The molecule has 0 bridgehead atoms. The number of ether oxygens (including phenoxy) is 1. The third-order valence-corrected chi connectivity index (χ3v) is 4.83. The molecule has 0 unspecified atom stereocenters. The number of methoxy groups -OCH3 is 1. The molecule has 26 heavy (non-hydrogen) atoms. The highest BCUT2D eigenvalue weighted by Gasteiger charge is 2.12. The molecule has 2 aromatic heterocycles. The van der Waals surface area contributed by atoms with Gasteiger partial charge in [-0.2, -0.15) is 0 Å². The van der Waals surface area contributed by atoms with Crippen LogP contribution < -0.4 is 5.32 Å². The maximum atomic E-state index is 12.2. The Balaban J connectivity index is 1.64. The monoisotopic (exact) mass is 366 g/mol. The Kier molecular flexibility index (Phi) is 5.76. The molecular formula is C20H18N2O3S. The van der Waals surface area contributed by atoms with Crippen LogP contribution in [0.1, 0.15) is 21.7 Å². The van der Waals surface area contributed by atoms with Crippen LogP contribution in [0.4, 0.5) is 5.82 Å².